The van der Waals surface area contributed by atoms with Gasteiger partial charge >= 0.3 is 6.09 Å². The van der Waals surface area contributed by atoms with Gasteiger partial charge < -0.3 is 15.4 Å². The number of nitrogens with two attached hydrogens (primary N) is 1. The fraction of sp³-hybridized carbons (Fsp3) is 0.917. The second-order valence-electron chi connectivity index (χ2n) is 5.74. The number of rotatable bonds is 2. The van der Waals surface area contributed by atoms with E-state index in [-0.39, 0.29) is 12.5 Å². The fourth-order valence-electron chi connectivity index (χ4n) is 2.02. The third kappa shape index (κ3) is 4.40. The number of halogens is 2. The highest BCUT2D eigenvalue weighted by Gasteiger charge is 2.33. The van der Waals surface area contributed by atoms with Gasteiger partial charge in [0, 0.05) is 13.1 Å². The minimum Gasteiger partial charge on any atom is -0.444 e. The van der Waals surface area contributed by atoms with E-state index < -0.39 is 24.2 Å². The molecule has 18 heavy (non-hydrogen) atoms. The zero-order valence-electron chi connectivity index (χ0n) is 11.2. The van der Waals surface area contributed by atoms with Crippen molar-refractivity contribution in [2.45, 2.75) is 51.7 Å². The van der Waals surface area contributed by atoms with Crippen molar-refractivity contribution in [1.29, 1.82) is 0 Å². The van der Waals surface area contributed by atoms with Gasteiger partial charge in [-0.15, -0.1) is 0 Å². The van der Waals surface area contributed by atoms with Gasteiger partial charge in [-0.1, -0.05) is 0 Å². The van der Waals surface area contributed by atoms with Crippen molar-refractivity contribution in [3.8, 4) is 0 Å². The quantitative estimate of drug-likeness (QED) is 0.832. The average Bonchev–Trinajstić information content (AvgIpc) is 2.25. The molecule has 1 rings (SSSR count). The van der Waals surface area contributed by atoms with Crippen molar-refractivity contribution in [2.24, 2.45) is 11.7 Å². The highest BCUT2D eigenvalue weighted by molar-refractivity contribution is 5.68. The van der Waals surface area contributed by atoms with E-state index in [0.717, 1.165) is 0 Å². The van der Waals surface area contributed by atoms with E-state index >= 15 is 0 Å². The minimum absolute atomic E-state index is 0.250. The highest BCUT2D eigenvalue weighted by Crippen LogP contribution is 2.23. The Balaban J connectivity index is 2.56. The number of piperidine rings is 1. The van der Waals surface area contributed by atoms with Crippen LogP contribution in [0.15, 0.2) is 0 Å². The molecule has 0 aromatic carbocycles. The fourth-order valence-corrected chi connectivity index (χ4v) is 2.02. The predicted octanol–water partition coefficient (Wildman–Crippen LogP) is 2.23. The molecule has 0 radical (unpaired) electrons. The molecule has 0 spiro atoms. The van der Waals surface area contributed by atoms with Crippen LogP contribution in [-0.4, -0.2) is 42.2 Å². The number of carbonyl (C=O) groups is 1. The van der Waals surface area contributed by atoms with Gasteiger partial charge in [-0.25, -0.2) is 13.6 Å². The number of amides is 1. The van der Waals surface area contributed by atoms with Crippen LogP contribution >= 0.6 is 0 Å². The van der Waals surface area contributed by atoms with Gasteiger partial charge in [0.1, 0.15) is 5.60 Å². The van der Waals surface area contributed by atoms with Gasteiger partial charge in [-0.05, 0) is 39.5 Å². The van der Waals surface area contributed by atoms with Gasteiger partial charge in [-0.2, -0.15) is 0 Å². The molecule has 0 aromatic rings. The zero-order chi connectivity index (χ0) is 13.9. The predicted molar refractivity (Wildman–Crippen MR) is 64.5 cm³/mol. The second kappa shape index (κ2) is 5.82. The van der Waals surface area contributed by atoms with Crippen molar-refractivity contribution < 1.29 is 18.3 Å². The molecule has 0 saturated carbocycles. The molecule has 106 valence electrons. The van der Waals surface area contributed by atoms with E-state index in [1.807, 2.05) is 0 Å². The summed E-state index contributed by atoms with van der Waals surface area (Å²) < 4.78 is 30.3. The molecule has 1 saturated heterocycles. The summed E-state index contributed by atoms with van der Waals surface area (Å²) in [4.78, 5) is 13.3. The van der Waals surface area contributed by atoms with Crippen LogP contribution < -0.4 is 5.73 Å². The van der Waals surface area contributed by atoms with E-state index in [9.17, 15) is 13.6 Å². The van der Waals surface area contributed by atoms with E-state index in [1.165, 1.54) is 4.90 Å². The van der Waals surface area contributed by atoms with Crippen LogP contribution in [0.5, 0.6) is 0 Å². The molecular formula is C12H22F2N2O2. The van der Waals surface area contributed by atoms with E-state index in [1.54, 1.807) is 20.8 Å². The molecule has 2 unspecified atom stereocenters. The molecule has 2 N–H and O–H groups in total. The number of ether oxygens (including phenoxy) is 1. The number of carbonyl (C=O) groups excluding carboxylic acids is 1. The Labute approximate surface area is 106 Å². The summed E-state index contributed by atoms with van der Waals surface area (Å²) in [5.74, 6) is -0.355. The largest absolute Gasteiger partial charge is 0.444 e. The SMILES string of the molecule is CC(C)(C)OC(=O)N1CCCC(C(N)C(F)F)C1. The number of likely N-dealkylation sites (tertiary alicyclic amines) is 1. The van der Waals surface area contributed by atoms with E-state index in [2.05, 4.69) is 0 Å². The van der Waals surface area contributed by atoms with Gasteiger partial charge in [-0.3, -0.25) is 0 Å². The van der Waals surface area contributed by atoms with Crippen molar-refractivity contribution in [2.75, 3.05) is 13.1 Å². The molecular weight excluding hydrogens is 242 g/mol. The first kappa shape index (κ1) is 15.1. The third-order valence-electron chi connectivity index (χ3n) is 2.94. The summed E-state index contributed by atoms with van der Waals surface area (Å²) in [5, 5.41) is 0. The summed E-state index contributed by atoms with van der Waals surface area (Å²) in [7, 11) is 0. The van der Waals surface area contributed by atoms with Crippen LogP contribution in [0, 0.1) is 5.92 Å². The lowest BCUT2D eigenvalue weighted by Crippen LogP contribution is -2.49. The number of hydrogen-bond donors (Lipinski definition) is 1. The Morgan fingerprint density at radius 1 is 1.44 bits per heavy atom. The molecule has 1 aliphatic heterocycles. The lowest BCUT2D eigenvalue weighted by Gasteiger charge is -2.36. The minimum atomic E-state index is -2.55. The van der Waals surface area contributed by atoms with Crippen molar-refractivity contribution in [3.05, 3.63) is 0 Å². The Morgan fingerprint density at radius 3 is 2.56 bits per heavy atom. The zero-order valence-corrected chi connectivity index (χ0v) is 11.2. The Bertz CT molecular complexity index is 292. The molecule has 4 nitrogen and oxygen atoms in total. The lowest BCUT2D eigenvalue weighted by atomic mass is 9.91. The average molecular weight is 264 g/mol. The maximum absolute atomic E-state index is 12.6. The number of hydrogen-bond acceptors (Lipinski definition) is 3. The normalized spacial score (nSPS) is 23.1. The van der Waals surface area contributed by atoms with Gasteiger partial charge in [0.25, 0.3) is 6.43 Å². The van der Waals surface area contributed by atoms with E-state index in [0.29, 0.717) is 19.4 Å². The third-order valence-corrected chi connectivity index (χ3v) is 2.94. The molecule has 6 heteroatoms. The van der Waals surface area contributed by atoms with Crippen molar-refractivity contribution in [1.82, 2.24) is 4.90 Å². The molecule has 1 fully saturated rings. The van der Waals surface area contributed by atoms with Gasteiger partial charge in [0.2, 0.25) is 0 Å². The first-order valence-corrected chi connectivity index (χ1v) is 6.22. The molecule has 1 heterocycles. The van der Waals surface area contributed by atoms with E-state index in [4.69, 9.17) is 10.5 Å². The summed E-state index contributed by atoms with van der Waals surface area (Å²) in [6.07, 6.45) is -1.68. The maximum atomic E-state index is 12.6. The Kier molecular flexibility index (Phi) is 4.90. The summed E-state index contributed by atoms with van der Waals surface area (Å²) in [5.41, 5.74) is 4.88. The van der Waals surface area contributed by atoms with Crippen LogP contribution in [0.2, 0.25) is 0 Å². The van der Waals surface area contributed by atoms with Gasteiger partial charge in [0.05, 0.1) is 6.04 Å². The molecule has 0 aliphatic carbocycles. The topological polar surface area (TPSA) is 55.6 Å². The summed E-state index contributed by atoms with van der Waals surface area (Å²) in [6.45, 7) is 6.12. The van der Waals surface area contributed by atoms with Crippen LogP contribution in [0.4, 0.5) is 13.6 Å². The Hall–Kier alpha value is -0.910. The number of alkyl halides is 2. The lowest BCUT2D eigenvalue weighted by molar-refractivity contribution is 0.00725. The highest BCUT2D eigenvalue weighted by atomic mass is 19.3. The van der Waals surface area contributed by atoms with Crippen molar-refractivity contribution >= 4 is 6.09 Å². The molecule has 0 aromatic heterocycles. The summed E-state index contributed by atoms with van der Waals surface area (Å²) >= 11 is 0. The molecule has 2 atom stereocenters. The standard InChI is InChI=1S/C12H22F2N2O2/c1-12(2,3)18-11(17)16-6-4-5-8(7-16)9(15)10(13)14/h8-10H,4-7,15H2,1-3H3. The Morgan fingerprint density at radius 2 is 2.06 bits per heavy atom. The second-order valence-corrected chi connectivity index (χ2v) is 5.74. The smallest absolute Gasteiger partial charge is 0.410 e. The maximum Gasteiger partial charge on any atom is 0.410 e. The molecule has 1 aliphatic rings. The van der Waals surface area contributed by atoms with Crippen LogP contribution in [-0.2, 0) is 4.74 Å². The van der Waals surface area contributed by atoms with Crippen molar-refractivity contribution in [3.63, 3.8) is 0 Å². The first-order chi connectivity index (χ1) is 8.20. The first-order valence-electron chi connectivity index (χ1n) is 6.22. The summed E-state index contributed by atoms with van der Waals surface area (Å²) in [6, 6.07) is -1.17. The monoisotopic (exact) mass is 264 g/mol. The van der Waals surface area contributed by atoms with Crippen LogP contribution in [0.3, 0.4) is 0 Å². The van der Waals surface area contributed by atoms with Gasteiger partial charge in [0.15, 0.2) is 0 Å². The molecule has 0 bridgehead atoms. The van der Waals surface area contributed by atoms with Crippen LogP contribution in [0.1, 0.15) is 33.6 Å². The molecule has 1 amide bonds. The van der Waals surface area contributed by atoms with Crippen LogP contribution in [0.25, 0.3) is 0 Å². The number of nitrogens with zero attached hydrogens (tertiary/aromatic N) is 1.